The predicted molar refractivity (Wildman–Crippen MR) is 69.4 cm³/mol. The van der Waals surface area contributed by atoms with E-state index in [1.165, 1.54) is 0 Å². The van der Waals surface area contributed by atoms with Crippen LogP contribution < -0.4 is 16.4 Å². The summed E-state index contributed by atoms with van der Waals surface area (Å²) in [5.74, 6) is -0.188. The molecule has 0 aromatic heterocycles. The Hall–Kier alpha value is -1.88. The fourth-order valence-corrected chi connectivity index (χ4v) is 1.95. The second-order valence-corrected chi connectivity index (χ2v) is 4.41. The van der Waals surface area contributed by atoms with Gasteiger partial charge in [-0.1, -0.05) is 13.0 Å². The van der Waals surface area contributed by atoms with Gasteiger partial charge in [-0.05, 0) is 24.1 Å². The van der Waals surface area contributed by atoms with Crippen molar-refractivity contribution in [2.45, 2.75) is 25.8 Å². The normalized spacial score (nSPS) is 14.9. The third-order valence-electron chi connectivity index (χ3n) is 3.11. The van der Waals surface area contributed by atoms with E-state index < -0.39 is 0 Å². The van der Waals surface area contributed by atoms with Crippen LogP contribution in [0.25, 0.3) is 0 Å². The smallest absolute Gasteiger partial charge is 0.251 e. The number of nitrogens with two attached hydrogens (primary N) is 1. The maximum atomic E-state index is 12.0. The molecular formula is C13H17N3O2. The fourth-order valence-electron chi connectivity index (χ4n) is 1.95. The molecule has 2 amide bonds. The molecule has 1 aliphatic heterocycles. The van der Waals surface area contributed by atoms with Crippen molar-refractivity contribution in [2.24, 2.45) is 5.73 Å². The highest BCUT2D eigenvalue weighted by Gasteiger charge is 2.19. The van der Waals surface area contributed by atoms with Gasteiger partial charge in [0.1, 0.15) is 0 Å². The van der Waals surface area contributed by atoms with E-state index in [1.54, 1.807) is 12.1 Å². The van der Waals surface area contributed by atoms with E-state index in [9.17, 15) is 9.59 Å². The Morgan fingerprint density at radius 3 is 3.00 bits per heavy atom. The number of carbonyl (C=O) groups excluding carboxylic acids is 2. The topological polar surface area (TPSA) is 84.2 Å². The molecule has 0 spiro atoms. The summed E-state index contributed by atoms with van der Waals surface area (Å²) in [6, 6.07) is 5.24. The van der Waals surface area contributed by atoms with Gasteiger partial charge in [0.2, 0.25) is 5.91 Å². The largest absolute Gasteiger partial charge is 0.348 e. The molecule has 0 bridgehead atoms. The first kappa shape index (κ1) is 12.6. The monoisotopic (exact) mass is 247 g/mol. The zero-order valence-corrected chi connectivity index (χ0v) is 10.3. The summed E-state index contributed by atoms with van der Waals surface area (Å²) in [6.07, 6.45) is 1.18. The van der Waals surface area contributed by atoms with Gasteiger partial charge in [0.15, 0.2) is 0 Å². The first-order valence-corrected chi connectivity index (χ1v) is 6.07. The summed E-state index contributed by atoms with van der Waals surface area (Å²) in [6.45, 7) is 2.39. The summed E-state index contributed by atoms with van der Waals surface area (Å²) < 4.78 is 0. The molecule has 96 valence electrons. The number of fused-ring (bicyclic) bond motifs is 1. The molecule has 1 atom stereocenters. The molecular weight excluding hydrogens is 230 g/mol. The third kappa shape index (κ3) is 2.51. The van der Waals surface area contributed by atoms with E-state index in [-0.39, 0.29) is 17.9 Å². The Kier molecular flexibility index (Phi) is 3.62. The fraction of sp³-hybridized carbons (Fsp3) is 0.385. The summed E-state index contributed by atoms with van der Waals surface area (Å²) >= 11 is 0. The molecule has 4 N–H and O–H groups in total. The van der Waals surface area contributed by atoms with Gasteiger partial charge in [-0.2, -0.15) is 0 Å². The standard InChI is InChI=1S/C13H17N3O2/c1-2-10(7-14)15-13(18)9-4-3-8-6-12(17)16-11(8)5-9/h3-5,10H,2,6-7,14H2,1H3,(H,15,18)(H,16,17). The van der Waals surface area contributed by atoms with Crippen LogP contribution in [0.5, 0.6) is 0 Å². The quantitative estimate of drug-likeness (QED) is 0.730. The molecule has 5 heteroatoms. The zero-order valence-electron chi connectivity index (χ0n) is 10.3. The van der Waals surface area contributed by atoms with Crippen molar-refractivity contribution in [1.82, 2.24) is 5.32 Å². The minimum Gasteiger partial charge on any atom is -0.348 e. The number of carbonyl (C=O) groups is 2. The van der Waals surface area contributed by atoms with Crippen LogP contribution in [0, 0.1) is 0 Å². The van der Waals surface area contributed by atoms with E-state index in [0.717, 1.165) is 17.7 Å². The van der Waals surface area contributed by atoms with Crippen molar-refractivity contribution in [1.29, 1.82) is 0 Å². The molecule has 5 nitrogen and oxygen atoms in total. The second-order valence-electron chi connectivity index (χ2n) is 4.41. The Labute approximate surface area is 106 Å². The highest BCUT2D eigenvalue weighted by molar-refractivity contribution is 6.02. The molecule has 0 aliphatic carbocycles. The summed E-state index contributed by atoms with van der Waals surface area (Å²) in [5.41, 5.74) is 7.75. The molecule has 0 saturated carbocycles. The number of hydrogen-bond donors (Lipinski definition) is 3. The Balaban J connectivity index is 2.13. The average Bonchev–Trinajstić information content (AvgIpc) is 2.74. The van der Waals surface area contributed by atoms with Gasteiger partial charge in [-0.3, -0.25) is 9.59 Å². The van der Waals surface area contributed by atoms with Crippen LogP contribution in [0.4, 0.5) is 5.69 Å². The maximum absolute atomic E-state index is 12.0. The first-order valence-electron chi connectivity index (χ1n) is 6.07. The summed E-state index contributed by atoms with van der Waals surface area (Å²) in [4.78, 5) is 23.2. The van der Waals surface area contributed by atoms with Crippen molar-refractivity contribution in [3.05, 3.63) is 29.3 Å². The van der Waals surface area contributed by atoms with Crippen LogP contribution >= 0.6 is 0 Å². The van der Waals surface area contributed by atoms with Gasteiger partial charge in [-0.15, -0.1) is 0 Å². The molecule has 0 radical (unpaired) electrons. The predicted octanol–water partition coefficient (Wildman–Crippen LogP) is 0.648. The number of anilines is 1. The van der Waals surface area contributed by atoms with Gasteiger partial charge in [0.25, 0.3) is 5.91 Å². The van der Waals surface area contributed by atoms with Gasteiger partial charge in [0, 0.05) is 23.8 Å². The van der Waals surface area contributed by atoms with E-state index in [1.807, 2.05) is 13.0 Å². The van der Waals surface area contributed by atoms with Crippen LogP contribution in [0.3, 0.4) is 0 Å². The van der Waals surface area contributed by atoms with Crippen LogP contribution in [-0.2, 0) is 11.2 Å². The zero-order chi connectivity index (χ0) is 13.1. The van der Waals surface area contributed by atoms with Gasteiger partial charge in [-0.25, -0.2) is 0 Å². The lowest BCUT2D eigenvalue weighted by Gasteiger charge is -2.14. The number of amides is 2. The summed E-state index contributed by atoms with van der Waals surface area (Å²) in [5, 5.41) is 5.59. The molecule has 2 rings (SSSR count). The highest BCUT2D eigenvalue weighted by atomic mass is 16.2. The lowest BCUT2D eigenvalue weighted by Crippen LogP contribution is -2.39. The average molecular weight is 247 g/mol. The number of rotatable bonds is 4. The number of nitrogens with one attached hydrogen (secondary N) is 2. The van der Waals surface area contributed by atoms with Crippen LogP contribution in [0.1, 0.15) is 29.3 Å². The molecule has 1 unspecified atom stereocenters. The second kappa shape index (κ2) is 5.18. The van der Waals surface area contributed by atoms with E-state index >= 15 is 0 Å². The molecule has 1 heterocycles. The maximum Gasteiger partial charge on any atom is 0.251 e. The minimum absolute atomic E-state index is 0.0136. The third-order valence-corrected chi connectivity index (χ3v) is 3.11. The minimum atomic E-state index is -0.156. The van der Waals surface area contributed by atoms with Crippen molar-refractivity contribution in [3.8, 4) is 0 Å². The lowest BCUT2D eigenvalue weighted by atomic mass is 10.1. The van der Waals surface area contributed by atoms with E-state index in [0.29, 0.717) is 18.5 Å². The van der Waals surface area contributed by atoms with Gasteiger partial charge < -0.3 is 16.4 Å². The Morgan fingerprint density at radius 2 is 2.33 bits per heavy atom. The van der Waals surface area contributed by atoms with Crippen LogP contribution in [-0.4, -0.2) is 24.4 Å². The van der Waals surface area contributed by atoms with E-state index in [4.69, 9.17) is 5.73 Å². The Bertz CT molecular complexity index is 481. The molecule has 1 aliphatic rings. The molecule has 1 aromatic carbocycles. The van der Waals surface area contributed by atoms with Crippen LogP contribution in [0.15, 0.2) is 18.2 Å². The first-order chi connectivity index (χ1) is 8.63. The lowest BCUT2D eigenvalue weighted by molar-refractivity contribution is -0.115. The summed E-state index contributed by atoms with van der Waals surface area (Å²) in [7, 11) is 0. The van der Waals surface area contributed by atoms with Crippen molar-refractivity contribution >= 4 is 17.5 Å². The molecule has 18 heavy (non-hydrogen) atoms. The highest BCUT2D eigenvalue weighted by Crippen LogP contribution is 2.23. The molecule has 0 fully saturated rings. The number of benzene rings is 1. The number of hydrogen-bond acceptors (Lipinski definition) is 3. The van der Waals surface area contributed by atoms with Crippen molar-refractivity contribution in [3.63, 3.8) is 0 Å². The van der Waals surface area contributed by atoms with E-state index in [2.05, 4.69) is 10.6 Å². The van der Waals surface area contributed by atoms with Crippen molar-refractivity contribution < 1.29 is 9.59 Å². The van der Waals surface area contributed by atoms with Crippen LogP contribution in [0.2, 0.25) is 0 Å². The molecule has 1 aromatic rings. The van der Waals surface area contributed by atoms with Gasteiger partial charge >= 0.3 is 0 Å². The Morgan fingerprint density at radius 1 is 1.56 bits per heavy atom. The van der Waals surface area contributed by atoms with Crippen molar-refractivity contribution in [2.75, 3.05) is 11.9 Å². The van der Waals surface area contributed by atoms with Gasteiger partial charge in [0.05, 0.1) is 6.42 Å². The SMILES string of the molecule is CCC(CN)NC(=O)c1ccc2c(c1)NC(=O)C2. The molecule has 0 saturated heterocycles.